The summed E-state index contributed by atoms with van der Waals surface area (Å²) in [6, 6.07) is 6.94. The van der Waals surface area contributed by atoms with E-state index in [2.05, 4.69) is 4.98 Å². The van der Waals surface area contributed by atoms with Gasteiger partial charge < -0.3 is 5.73 Å². The molecule has 0 atom stereocenters. The third kappa shape index (κ3) is 2.34. The van der Waals surface area contributed by atoms with Crippen LogP contribution in [0.15, 0.2) is 36.5 Å². The maximum Gasteiger partial charge on any atom is 0.126 e. The molecule has 0 spiro atoms. The number of anilines is 1. The van der Waals surface area contributed by atoms with E-state index in [9.17, 15) is 8.78 Å². The molecule has 2 nitrogen and oxygen atoms in total. The number of pyridine rings is 1. The summed E-state index contributed by atoms with van der Waals surface area (Å²) in [5, 5.41) is 0. The molecule has 0 saturated carbocycles. The fraction of sp³-hybridized carbons (Fsp3) is 0.0833. The average Bonchev–Trinajstić information content (AvgIpc) is 2.20. The van der Waals surface area contributed by atoms with Gasteiger partial charge in [-0.1, -0.05) is 6.07 Å². The average molecular weight is 220 g/mol. The van der Waals surface area contributed by atoms with Gasteiger partial charge >= 0.3 is 0 Å². The number of aromatic nitrogens is 1. The van der Waals surface area contributed by atoms with Crippen molar-refractivity contribution in [2.24, 2.45) is 0 Å². The van der Waals surface area contributed by atoms with E-state index < -0.39 is 11.6 Å². The van der Waals surface area contributed by atoms with Gasteiger partial charge in [-0.2, -0.15) is 0 Å². The number of benzene rings is 1. The van der Waals surface area contributed by atoms with Crippen molar-refractivity contribution in [1.29, 1.82) is 0 Å². The molecule has 0 amide bonds. The quantitative estimate of drug-likeness (QED) is 0.844. The first kappa shape index (κ1) is 10.5. The van der Waals surface area contributed by atoms with E-state index in [1.54, 1.807) is 18.3 Å². The van der Waals surface area contributed by atoms with Gasteiger partial charge in [0.25, 0.3) is 0 Å². The van der Waals surface area contributed by atoms with Gasteiger partial charge in [0.15, 0.2) is 0 Å². The van der Waals surface area contributed by atoms with E-state index in [-0.39, 0.29) is 0 Å². The van der Waals surface area contributed by atoms with Gasteiger partial charge in [0.05, 0.1) is 0 Å². The lowest BCUT2D eigenvalue weighted by Crippen LogP contribution is -1.98. The van der Waals surface area contributed by atoms with Gasteiger partial charge in [0.1, 0.15) is 17.5 Å². The van der Waals surface area contributed by atoms with Gasteiger partial charge in [-0.25, -0.2) is 13.8 Å². The van der Waals surface area contributed by atoms with Crippen LogP contribution in [0.5, 0.6) is 0 Å². The minimum Gasteiger partial charge on any atom is -0.383 e. The van der Waals surface area contributed by atoms with Gasteiger partial charge in [-0.15, -0.1) is 0 Å². The highest BCUT2D eigenvalue weighted by atomic mass is 19.1. The standard InChI is InChI=1S/C12H10F2N2/c13-10-5-8(6-11(14)7-10)4-9-2-1-3-16-12(9)15/h1-3,5-7H,4H2,(H2,15,16). The second-order valence-corrected chi connectivity index (χ2v) is 3.50. The fourth-order valence-corrected chi connectivity index (χ4v) is 1.53. The predicted molar refractivity (Wildman–Crippen MR) is 57.8 cm³/mol. The Bertz CT molecular complexity index is 492. The third-order valence-corrected chi connectivity index (χ3v) is 2.24. The number of rotatable bonds is 2. The highest BCUT2D eigenvalue weighted by molar-refractivity contribution is 5.41. The summed E-state index contributed by atoms with van der Waals surface area (Å²) in [7, 11) is 0. The molecule has 1 heterocycles. The van der Waals surface area contributed by atoms with Crippen molar-refractivity contribution in [2.75, 3.05) is 5.73 Å². The summed E-state index contributed by atoms with van der Waals surface area (Å²) < 4.78 is 25.9. The van der Waals surface area contributed by atoms with Crippen LogP contribution in [0.2, 0.25) is 0 Å². The largest absolute Gasteiger partial charge is 0.383 e. The molecule has 4 heteroatoms. The first-order chi connectivity index (χ1) is 7.65. The second-order valence-electron chi connectivity index (χ2n) is 3.50. The van der Waals surface area contributed by atoms with Gasteiger partial charge in [0, 0.05) is 18.7 Å². The summed E-state index contributed by atoms with van der Waals surface area (Å²) >= 11 is 0. The van der Waals surface area contributed by atoms with Crippen LogP contribution >= 0.6 is 0 Å². The molecule has 2 aromatic rings. The summed E-state index contributed by atoms with van der Waals surface area (Å²) in [6.07, 6.45) is 1.94. The molecule has 0 aliphatic heterocycles. The molecule has 1 aromatic heterocycles. The van der Waals surface area contributed by atoms with E-state index in [4.69, 9.17) is 5.73 Å². The van der Waals surface area contributed by atoms with Crippen LogP contribution in [-0.2, 0) is 6.42 Å². The Morgan fingerprint density at radius 2 is 1.81 bits per heavy atom. The fourth-order valence-electron chi connectivity index (χ4n) is 1.53. The Hall–Kier alpha value is -1.97. The smallest absolute Gasteiger partial charge is 0.126 e. The maximum absolute atomic E-state index is 12.9. The lowest BCUT2D eigenvalue weighted by molar-refractivity contribution is 0.580. The Morgan fingerprint density at radius 3 is 2.44 bits per heavy atom. The number of nitrogens with zero attached hydrogens (tertiary/aromatic N) is 1. The Balaban J connectivity index is 2.30. The predicted octanol–water partition coefficient (Wildman–Crippen LogP) is 2.53. The van der Waals surface area contributed by atoms with Crippen molar-refractivity contribution in [3.05, 3.63) is 59.3 Å². The van der Waals surface area contributed by atoms with E-state index in [1.165, 1.54) is 12.1 Å². The molecule has 2 rings (SSSR count). The van der Waals surface area contributed by atoms with E-state index in [0.29, 0.717) is 17.8 Å². The van der Waals surface area contributed by atoms with Crippen molar-refractivity contribution in [3.63, 3.8) is 0 Å². The zero-order chi connectivity index (χ0) is 11.5. The van der Waals surface area contributed by atoms with Gasteiger partial charge in [0.2, 0.25) is 0 Å². The van der Waals surface area contributed by atoms with Crippen LogP contribution in [0, 0.1) is 11.6 Å². The van der Waals surface area contributed by atoms with Gasteiger partial charge in [-0.3, -0.25) is 0 Å². The lowest BCUT2D eigenvalue weighted by atomic mass is 10.1. The summed E-state index contributed by atoms with van der Waals surface area (Å²) in [6.45, 7) is 0. The van der Waals surface area contributed by atoms with Crippen LogP contribution in [0.1, 0.15) is 11.1 Å². The topological polar surface area (TPSA) is 38.9 Å². The molecule has 0 aliphatic rings. The SMILES string of the molecule is Nc1ncccc1Cc1cc(F)cc(F)c1. The molecule has 1 aromatic carbocycles. The molecule has 0 bridgehead atoms. The van der Waals surface area contributed by atoms with E-state index >= 15 is 0 Å². The molecule has 0 fully saturated rings. The number of nitrogen functional groups attached to an aromatic ring is 1. The summed E-state index contributed by atoms with van der Waals surface area (Å²) in [5.74, 6) is -0.790. The monoisotopic (exact) mass is 220 g/mol. The normalized spacial score (nSPS) is 10.4. The molecule has 2 N–H and O–H groups in total. The minimum atomic E-state index is -0.586. The highest BCUT2D eigenvalue weighted by Gasteiger charge is 2.04. The molecule has 0 radical (unpaired) electrons. The van der Waals surface area contributed by atoms with Crippen molar-refractivity contribution < 1.29 is 8.78 Å². The molecule has 16 heavy (non-hydrogen) atoms. The third-order valence-electron chi connectivity index (χ3n) is 2.24. The van der Waals surface area contributed by atoms with Crippen LogP contribution < -0.4 is 5.73 Å². The molecule has 0 saturated heterocycles. The Kier molecular flexibility index (Phi) is 2.81. The maximum atomic E-state index is 12.9. The van der Waals surface area contributed by atoms with Crippen LogP contribution in [0.4, 0.5) is 14.6 Å². The number of hydrogen-bond donors (Lipinski definition) is 1. The highest BCUT2D eigenvalue weighted by Crippen LogP contribution is 2.15. The first-order valence-electron chi connectivity index (χ1n) is 4.79. The Morgan fingerprint density at radius 1 is 1.12 bits per heavy atom. The summed E-state index contributed by atoms with van der Waals surface area (Å²) in [4.78, 5) is 3.91. The minimum absolute atomic E-state index is 0.369. The van der Waals surface area contributed by atoms with Crippen molar-refractivity contribution >= 4 is 5.82 Å². The van der Waals surface area contributed by atoms with Crippen LogP contribution in [0.25, 0.3) is 0 Å². The van der Waals surface area contributed by atoms with E-state index in [0.717, 1.165) is 11.6 Å². The number of hydrogen-bond acceptors (Lipinski definition) is 2. The van der Waals surface area contributed by atoms with Crippen LogP contribution in [-0.4, -0.2) is 4.98 Å². The molecule has 0 unspecified atom stereocenters. The molecule has 82 valence electrons. The van der Waals surface area contributed by atoms with Crippen molar-refractivity contribution in [3.8, 4) is 0 Å². The first-order valence-corrected chi connectivity index (χ1v) is 4.79. The summed E-state index contributed by atoms with van der Waals surface area (Å²) in [5.41, 5.74) is 6.94. The number of halogens is 2. The number of nitrogens with two attached hydrogens (primary N) is 1. The molecule has 0 aliphatic carbocycles. The Labute approximate surface area is 91.7 Å². The zero-order valence-electron chi connectivity index (χ0n) is 8.45. The van der Waals surface area contributed by atoms with E-state index in [1.807, 2.05) is 0 Å². The van der Waals surface area contributed by atoms with Gasteiger partial charge in [-0.05, 0) is 29.3 Å². The zero-order valence-corrected chi connectivity index (χ0v) is 8.45. The lowest BCUT2D eigenvalue weighted by Gasteiger charge is -2.04. The molecular formula is C12H10F2N2. The van der Waals surface area contributed by atoms with Crippen molar-refractivity contribution in [2.45, 2.75) is 6.42 Å². The molecular weight excluding hydrogens is 210 g/mol. The van der Waals surface area contributed by atoms with Crippen LogP contribution in [0.3, 0.4) is 0 Å². The second kappa shape index (κ2) is 4.26. The van der Waals surface area contributed by atoms with Crippen molar-refractivity contribution in [1.82, 2.24) is 4.98 Å².